The lowest BCUT2D eigenvalue weighted by Gasteiger charge is -2.34. The summed E-state index contributed by atoms with van der Waals surface area (Å²) >= 11 is 0. The van der Waals surface area contributed by atoms with Crippen LogP contribution in [0.5, 0.6) is 11.5 Å². The minimum absolute atomic E-state index is 0.0373. The van der Waals surface area contributed by atoms with Crippen molar-refractivity contribution in [2.24, 2.45) is 0 Å². The quantitative estimate of drug-likeness (QED) is 0.172. The van der Waals surface area contributed by atoms with Crippen LogP contribution >= 0.6 is 0 Å². The zero-order valence-corrected chi connectivity index (χ0v) is 29.5. The summed E-state index contributed by atoms with van der Waals surface area (Å²) in [5.41, 5.74) is 14.6. The third-order valence-corrected chi connectivity index (χ3v) is 11.9. The Kier molecular flexibility index (Phi) is 5.65. The molecule has 5 nitrogen and oxygen atoms in total. The molecular formula is C49H29BN4O. The molecule has 0 spiro atoms. The molecule has 0 amide bonds. The van der Waals surface area contributed by atoms with Crippen LogP contribution in [-0.4, -0.2) is 25.4 Å². The predicted molar refractivity (Wildman–Crippen MR) is 226 cm³/mol. The highest BCUT2D eigenvalue weighted by Gasteiger charge is 2.41. The van der Waals surface area contributed by atoms with E-state index >= 15 is 0 Å². The van der Waals surface area contributed by atoms with Crippen LogP contribution in [0.15, 0.2) is 176 Å². The van der Waals surface area contributed by atoms with Crippen LogP contribution in [-0.2, 0) is 0 Å². The lowest BCUT2D eigenvalue weighted by Crippen LogP contribution is -2.58. The van der Waals surface area contributed by atoms with Crippen LogP contribution in [0.25, 0.3) is 83.1 Å². The molecule has 0 fully saturated rings. The van der Waals surface area contributed by atoms with Crippen molar-refractivity contribution >= 4 is 77.7 Å². The molecule has 0 saturated carbocycles. The molecule has 11 aromatic rings. The zero-order valence-electron chi connectivity index (χ0n) is 29.5. The molecule has 0 N–H and O–H groups in total. The summed E-state index contributed by atoms with van der Waals surface area (Å²) < 4.78 is 14.4. The molecule has 0 aliphatic carbocycles. The number of rotatable bonds is 3. The molecule has 2 aliphatic heterocycles. The zero-order chi connectivity index (χ0) is 35.8. The molecule has 0 saturated heterocycles. The van der Waals surface area contributed by atoms with Gasteiger partial charge in [0.05, 0.1) is 38.8 Å². The van der Waals surface area contributed by atoms with Gasteiger partial charge in [0, 0.05) is 50.6 Å². The molecule has 0 unspecified atom stereocenters. The van der Waals surface area contributed by atoms with Gasteiger partial charge in [-0.05, 0) is 58.9 Å². The Morgan fingerprint density at radius 2 is 1.00 bits per heavy atom. The van der Waals surface area contributed by atoms with Gasteiger partial charge < -0.3 is 13.9 Å². The normalized spacial score (nSPS) is 12.8. The summed E-state index contributed by atoms with van der Waals surface area (Å²) in [5, 5.41) is 4.93. The monoisotopic (exact) mass is 700 g/mol. The second kappa shape index (κ2) is 10.6. The third-order valence-electron chi connectivity index (χ3n) is 11.9. The molecule has 0 atom stereocenters. The summed E-state index contributed by atoms with van der Waals surface area (Å²) in [5.74, 6) is 2.66. The smallest absolute Gasteiger partial charge is 0.256 e. The standard InChI is InChI=1S/C49H29BN4O/c1-2-13-30(14-3-1)49-51-39-20-12-19-38-48(39)54(49)44-27-32(53-42-23-10-6-17-35(42)36-18-7-11-24-43(36)53)29-46-47(44)50(38)37-26-25-31(28-45(37)55-46)52-40-21-8-4-15-33(40)34-16-5-9-22-41(34)52/h1-29H. The lowest BCUT2D eigenvalue weighted by molar-refractivity contribution is 0.487. The SMILES string of the molecule is c1ccc(-c2nc3cccc4c3n2-c2cc(-n3c5ccccc5c5ccccc53)cc3c2B4c2ccc(-n4c5ccccc5c5ccccc54)cc2O3)cc1. The first-order valence-corrected chi connectivity index (χ1v) is 18.8. The number of fused-ring (bicyclic) bond motifs is 10. The number of benzene rings is 8. The number of para-hydroxylation sites is 5. The second-order valence-corrected chi connectivity index (χ2v) is 14.7. The second-order valence-electron chi connectivity index (χ2n) is 14.7. The van der Waals surface area contributed by atoms with Crippen molar-refractivity contribution in [3.63, 3.8) is 0 Å². The first-order chi connectivity index (χ1) is 27.3. The van der Waals surface area contributed by atoms with Crippen molar-refractivity contribution in [2.45, 2.75) is 0 Å². The van der Waals surface area contributed by atoms with Crippen LogP contribution < -0.4 is 21.1 Å². The fourth-order valence-electron chi connectivity index (χ4n) is 9.67. The van der Waals surface area contributed by atoms with E-state index in [0.717, 1.165) is 72.9 Å². The minimum Gasteiger partial charge on any atom is -0.458 e. The van der Waals surface area contributed by atoms with Gasteiger partial charge in [-0.3, -0.25) is 4.57 Å². The van der Waals surface area contributed by atoms with Crippen LogP contribution in [0.1, 0.15) is 0 Å². The number of nitrogens with zero attached hydrogens (tertiary/aromatic N) is 4. The maximum absolute atomic E-state index is 7.22. The summed E-state index contributed by atoms with van der Waals surface area (Å²) in [4.78, 5) is 5.34. The molecule has 0 radical (unpaired) electrons. The van der Waals surface area contributed by atoms with E-state index < -0.39 is 0 Å². The number of hydrogen-bond acceptors (Lipinski definition) is 2. The average molecular weight is 701 g/mol. The van der Waals surface area contributed by atoms with E-state index in [0.29, 0.717) is 0 Å². The number of ether oxygens (including phenoxy) is 1. The van der Waals surface area contributed by atoms with Gasteiger partial charge in [0.25, 0.3) is 6.71 Å². The maximum atomic E-state index is 7.22. The third kappa shape index (κ3) is 3.85. The van der Waals surface area contributed by atoms with Crippen LogP contribution in [0.2, 0.25) is 0 Å². The molecule has 3 aromatic heterocycles. The Hall–Kier alpha value is -7.31. The van der Waals surface area contributed by atoms with Gasteiger partial charge in [-0.15, -0.1) is 0 Å². The summed E-state index contributed by atoms with van der Waals surface area (Å²) in [7, 11) is 0. The van der Waals surface area contributed by atoms with Crippen LogP contribution in [0.4, 0.5) is 0 Å². The molecule has 13 rings (SSSR count). The Balaban J connectivity index is 1.12. The van der Waals surface area contributed by atoms with Crippen molar-refractivity contribution in [2.75, 3.05) is 0 Å². The van der Waals surface area contributed by atoms with Gasteiger partial charge >= 0.3 is 0 Å². The first-order valence-electron chi connectivity index (χ1n) is 18.8. The molecule has 2 aliphatic rings. The molecule has 5 heterocycles. The summed E-state index contributed by atoms with van der Waals surface area (Å²) in [6, 6.07) is 63.3. The Labute approximate surface area is 316 Å². The van der Waals surface area contributed by atoms with Crippen LogP contribution in [0, 0.1) is 0 Å². The maximum Gasteiger partial charge on any atom is 0.256 e. The van der Waals surface area contributed by atoms with E-state index in [1.54, 1.807) is 0 Å². The van der Waals surface area contributed by atoms with E-state index in [9.17, 15) is 0 Å². The van der Waals surface area contributed by atoms with Crippen LogP contribution in [0.3, 0.4) is 0 Å². The van der Waals surface area contributed by atoms with Crippen molar-refractivity contribution in [3.05, 3.63) is 176 Å². The summed E-state index contributed by atoms with van der Waals surface area (Å²) in [6.45, 7) is -0.0373. The van der Waals surface area contributed by atoms with E-state index in [1.165, 1.54) is 38.0 Å². The molecule has 6 heteroatoms. The Morgan fingerprint density at radius 1 is 0.436 bits per heavy atom. The summed E-state index contributed by atoms with van der Waals surface area (Å²) in [6.07, 6.45) is 0. The van der Waals surface area contributed by atoms with E-state index in [4.69, 9.17) is 9.72 Å². The van der Waals surface area contributed by atoms with Gasteiger partial charge in [0.15, 0.2) is 0 Å². The highest BCUT2D eigenvalue weighted by Crippen LogP contribution is 2.40. The molecule has 0 bridgehead atoms. The number of hydrogen-bond donors (Lipinski definition) is 0. The average Bonchev–Trinajstić information content (AvgIpc) is 3.91. The van der Waals surface area contributed by atoms with Crippen molar-refractivity contribution in [1.82, 2.24) is 18.7 Å². The fraction of sp³-hybridized carbons (Fsp3) is 0. The van der Waals surface area contributed by atoms with Crippen molar-refractivity contribution < 1.29 is 4.74 Å². The molecule has 55 heavy (non-hydrogen) atoms. The Bertz CT molecular complexity index is 3320. The fourth-order valence-corrected chi connectivity index (χ4v) is 9.67. The van der Waals surface area contributed by atoms with Gasteiger partial charge in [-0.2, -0.15) is 0 Å². The largest absolute Gasteiger partial charge is 0.458 e. The van der Waals surface area contributed by atoms with Gasteiger partial charge in [-0.1, -0.05) is 121 Å². The number of aromatic nitrogens is 4. The van der Waals surface area contributed by atoms with Gasteiger partial charge in [0.1, 0.15) is 17.3 Å². The lowest BCUT2D eigenvalue weighted by atomic mass is 9.34. The highest BCUT2D eigenvalue weighted by molar-refractivity contribution is 6.99. The molecule has 8 aromatic carbocycles. The van der Waals surface area contributed by atoms with E-state index in [-0.39, 0.29) is 6.71 Å². The van der Waals surface area contributed by atoms with Gasteiger partial charge in [-0.25, -0.2) is 4.98 Å². The van der Waals surface area contributed by atoms with Gasteiger partial charge in [0.2, 0.25) is 0 Å². The highest BCUT2D eigenvalue weighted by atomic mass is 16.5. The first kappa shape index (κ1) is 29.2. The molecule has 254 valence electrons. The minimum atomic E-state index is -0.0373. The van der Waals surface area contributed by atoms with Crippen molar-refractivity contribution in [3.8, 4) is 39.9 Å². The van der Waals surface area contributed by atoms with E-state index in [2.05, 4.69) is 190 Å². The number of imidazole rings is 1. The van der Waals surface area contributed by atoms with Crippen molar-refractivity contribution in [1.29, 1.82) is 0 Å². The topological polar surface area (TPSA) is 36.9 Å². The predicted octanol–water partition coefficient (Wildman–Crippen LogP) is 9.82. The van der Waals surface area contributed by atoms with E-state index in [1.807, 2.05) is 0 Å². The Morgan fingerprint density at radius 3 is 1.64 bits per heavy atom. The molecular weight excluding hydrogens is 671 g/mol.